The molecule has 3 N–H and O–H groups in total. The van der Waals surface area contributed by atoms with Crippen molar-refractivity contribution in [3.05, 3.63) is 70.5 Å². The van der Waals surface area contributed by atoms with E-state index in [1.807, 2.05) is 24.3 Å². The number of rotatable bonds is 6. The van der Waals surface area contributed by atoms with E-state index in [9.17, 15) is 14.7 Å². The molecule has 3 heterocycles. The second kappa shape index (κ2) is 9.14. The topological polar surface area (TPSA) is 122 Å². The molecule has 1 fully saturated rings. The van der Waals surface area contributed by atoms with Crippen LogP contribution in [0.4, 0.5) is 0 Å². The van der Waals surface area contributed by atoms with Gasteiger partial charge in [-0.3, -0.25) is 14.0 Å². The molecule has 9 heteroatoms. The van der Waals surface area contributed by atoms with E-state index in [1.165, 1.54) is 0 Å². The summed E-state index contributed by atoms with van der Waals surface area (Å²) in [4.78, 5) is 29.4. The predicted molar refractivity (Wildman–Crippen MR) is 132 cm³/mol. The van der Waals surface area contributed by atoms with Gasteiger partial charge in [-0.15, -0.1) is 0 Å². The van der Waals surface area contributed by atoms with E-state index in [0.29, 0.717) is 22.5 Å². The van der Waals surface area contributed by atoms with Gasteiger partial charge in [-0.1, -0.05) is 18.2 Å². The van der Waals surface area contributed by atoms with Crippen LogP contribution in [-0.2, 0) is 0 Å². The first-order valence-corrected chi connectivity index (χ1v) is 11.9. The Balaban J connectivity index is 1.23. The Hall–Kier alpha value is -3.72. The minimum absolute atomic E-state index is 0.0627. The third-order valence-corrected chi connectivity index (χ3v) is 6.48. The number of aromatic nitrogens is 4. The molecule has 1 aromatic carbocycles. The fourth-order valence-electron chi connectivity index (χ4n) is 4.70. The predicted octanol–water partition coefficient (Wildman–Crippen LogP) is 3.18. The fourth-order valence-corrected chi connectivity index (χ4v) is 4.70. The highest BCUT2D eigenvalue weighted by molar-refractivity contribution is 5.93. The maximum atomic E-state index is 13.0. The molecule has 3 aromatic heterocycles. The molecule has 1 saturated carbocycles. The van der Waals surface area contributed by atoms with Gasteiger partial charge in [0, 0.05) is 29.6 Å². The SMILES string of the molecule is CC(C)(O)COc1ccn2c(C(=O)N[C@H]3CC[C@H](c4n[nH]c(=O)c5ccccc54)CC3)cnc2c1. The van der Waals surface area contributed by atoms with Crippen molar-refractivity contribution in [2.45, 2.75) is 57.1 Å². The molecule has 0 aliphatic heterocycles. The standard InChI is InChI=1S/C26H29N5O4/c1-26(2,34)15-35-18-11-12-31-21(14-27-22(31)13-18)25(33)28-17-9-7-16(8-10-17)23-19-5-3-4-6-20(19)24(32)30-29-23/h3-6,11-14,16-17,34H,7-10,15H2,1-2H3,(H,28,33)(H,30,32)/t16-,17-. The molecule has 182 valence electrons. The molecule has 0 saturated heterocycles. The Morgan fingerprint density at radius 1 is 1.20 bits per heavy atom. The van der Waals surface area contributed by atoms with E-state index in [2.05, 4.69) is 20.5 Å². The van der Waals surface area contributed by atoms with Gasteiger partial charge >= 0.3 is 0 Å². The van der Waals surface area contributed by atoms with E-state index in [-0.39, 0.29) is 30.0 Å². The van der Waals surface area contributed by atoms with E-state index in [4.69, 9.17) is 4.74 Å². The molecular weight excluding hydrogens is 446 g/mol. The summed E-state index contributed by atoms with van der Waals surface area (Å²) in [5, 5.41) is 21.6. The zero-order valence-corrected chi connectivity index (χ0v) is 19.8. The van der Waals surface area contributed by atoms with Gasteiger partial charge in [0.2, 0.25) is 0 Å². The molecule has 0 radical (unpaired) electrons. The van der Waals surface area contributed by atoms with E-state index >= 15 is 0 Å². The quantitative estimate of drug-likeness (QED) is 0.394. The Kier molecular flexibility index (Phi) is 6.02. The lowest BCUT2D eigenvalue weighted by Gasteiger charge is -2.29. The number of nitrogens with zero attached hydrogens (tertiary/aromatic N) is 3. The van der Waals surface area contributed by atoms with E-state index in [1.54, 1.807) is 42.8 Å². The number of fused-ring (bicyclic) bond motifs is 2. The first-order valence-electron chi connectivity index (χ1n) is 11.9. The maximum Gasteiger partial charge on any atom is 0.272 e. The second-order valence-corrected chi connectivity index (χ2v) is 9.84. The lowest BCUT2D eigenvalue weighted by atomic mass is 9.82. The van der Waals surface area contributed by atoms with Crippen LogP contribution in [0.5, 0.6) is 5.75 Å². The summed E-state index contributed by atoms with van der Waals surface area (Å²) in [6, 6.07) is 11.1. The van der Waals surface area contributed by atoms with Crippen molar-refractivity contribution < 1.29 is 14.6 Å². The average molecular weight is 476 g/mol. The first-order chi connectivity index (χ1) is 16.8. The van der Waals surface area contributed by atoms with Crippen LogP contribution in [0.1, 0.15) is 61.6 Å². The Labute approximate surface area is 202 Å². The number of hydrogen-bond acceptors (Lipinski definition) is 6. The van der Waals surface area contributed by atoms with E-state index in [0.717, 1.165) is 36.8 Å². The van der Waals surface area contributed by atoms with Crippen molar-refractivity contribution in [1.29, 1.82) is 0 Å². The van der Waals surface area contributed by atoms with Crippen LogP contribution in [0.3, 0.4) is 0 Å². The number of imidazole rings is 1. The number of pyridine rings is 1. The summed E-state index contributed by atoms with van der Waals surface area (Å²) in [7, 11) is 0. The molecule has 35 heavy (non-hydrogen) atoms. The summed E-state index contributed by atoms with van der Waals surface area (Å²) in [6.07, 6.45) is 6.73. The van der Waals surface area contributed by atoms with Crippen molar-refractivity contribution in [1.82, 2.24) is 24.9 Å². The van der Waals surface area contributed by atoms with Crippen molar-refractivity contribution in [3.8, 4) is 5.75 Å². The zero-order chi connectivity index (χ0) is 24.6. The number of H-pyrrole nitrogens is 1. The molecule has 9 nitrogen and oxygen atoms in total. The van der Waals surface area contributed by atoms with Gasteiger partial charge in [0.15, 0.2) is 0 Å². The summed E-state index contributed by atoms with van der Waals surface area (Å²) in [5.41, 5.74) is 0.878. The van der Waals surface area contributed by atoms with Gasteiger partial charge < -0.3 is 15.2 Å². The molecule has 1 aliphatic rings. The van der Waals surface area contributed by atoms with Crippen LogP contribution < -0.4 is 15.6 Å². The van der Waals surface area contributed by atoms with Crippen molar-refractivity contribution in [2.75, 3.05) is 6.61 Å². The van der Waals surface area contributed by atoms with Gasteiger partial charge in [0.1, 0.15) is 23.7 Å². The van der Waals surface area contributed by atoms with Crippen LogP contribution >= 0.6 is 0 Å². The van der Waals surface area contributed by atoms with Crippen LogP contribution in [0, 0.1) is 0 Å². The lowest BCUT2D eigenvalue weighted by molar-refractivity contribution is 0.0285. The zero-order valence-electron chi connectivity index (χ0n) is 19.8. The van der Waals surface area contributed by atoms with Gasteiger partial charge in [0.25, 0.3) is 11.5 Å². The third-order valence-electron chi connectivity index (χ3n) is 6.48. The molecule has 0 atom stereocenters. The van der Waals surface area contributed by atoms with Crippen molar-refractivity contribution in [2.24, 2.45) is 0 Å². The van der Waals surface area contributed by atoms with Crippen LogP contribution in [0.15, 0.2) is 53.6 Å². The number of benzene rings is 1. The Morgan fingerprint density at radius 3 is 2.69 bits per heavy atom. The number of hydrogen-bond donors (Lipinski definition) is 3. The number of aliphatic hydroxyl groups is 1. The fraction of sp³-hybridized carbons (Fsp3) is 0.385. The lowest BCUT2D eigenvalue weighted by Crippen LogP contribution is -2.38. The largest absolute Gasteiger partial charge is 0.490 e. The minimum atomic E-state index is -0.938. The first kappa shape index (κ1) is 23.0. The molecule has 1 amide bonds. The summed E-state index contributed by atoms with van der Waals surface area (Å²) >= 11 is 0. The van der Waals surface area contributed by atoms with Crippen LogP contribution in [-0.4, -0.2) is 48.8 Å². The highest BCUT2D eigenvalue weighted by Crippen LogP contribution is 2.34. The van der Waals surface area contributed by atoms with Crippen molar-refractivity contribution >= 4 is 22.3 Å². The normalized spacial score (nSPS) is 18.6. The third kappa shape index (κ3) is 4.90. The molecule has 0 bridgehead atoms. The van der Waals surface area contributed by atoms with Gasteiger partial charge in [-0.05, 0) is 51.7 Å². The summed E-state index contributed by atoms with van der Waals surface area (Å²) in [6.45, 7) is 3.51. The number of nitrogens with one attached hydrogen (secondary N) is 2. The van der Waals surface area contributed by atoms with Gasteiger partial charge in [-0.2, -0.15) is 5.10 Å². The average Bonchev–Trinajstić information content (AvgIpc) is 3.27. The summed E-state index contributed by atoms with van der Waals surface area (Å²) < 4.78 is 7.35. The van der Waals surface area contributed by atoms with Crippen LogP contribution in [0.25, 0.3) is 16.4 Å². The summed E-state index contributed by atoms with van der Waals surface area (Å²) in [5.74, 6) is 0.653. The smallest absolute Gasteiger partial charge is 0.272 e. The highest BCUT2D eigenvalue weighted by Gasteiger charge is 2.27. The Morgan fingerprint density at radius 2 is 1.94 bits per heavy atom. The monoisotopic (exact) mass is 475 g/mol. The van der Waals surface area contributed by atoms with Crippen LogP contribution in [0.2, 0.25) is 0 Å². The second-order valence-electron chi connectivity index (χ2n) is 9.84. The molecule has 5 rings (SSSR count). The maximum absolute atomic E-state index is 13.0. The minimum Gasteiger partial charge on any atom is -0.490 e. The number of aromatic amines is 1. The number of amides is 1. The molecule has 0 unspecified atom stereocenters. The Bertz CT molecular complexity index is 1430. The van der Waals surface area contributed by atoms with Gasteiger partial charge in [0.05, 0.1) is 22.9 Å². The van der Waals surface area contributed by atoms with Crippen molar-refractivity contribution in [3.63, 3.8) is 0 Å². The molecule has 1 aliphatic carbocycles. The molecule has 0 spiro atoms. The van der Waals surface area contributed by atoms with Gasteiger partial charge in [-0.25, -0.2) is 10.1 Å². The molecular formula is C26H29N5O4. The molecule has 4 aromatic rings. The number of ether oxygens (including phenoxy) is 1. The number of carbonyl (C=O) groups is 1. The highest BCUT2D eigenvalue weighted by atomic mass is 16.5. The number of carbonyl (C=O) groups excluding carboxylic acids is 1. The van der Waals surface area contributed by atoms with E-state index < -0.39 is 5.60 Å².